The minimum atomic E-state index is -4.59. The largest absolute Gasteiger partial charge is 0.507 e. The fourth-order valence-corrected chi connectivity index (χ4v) is 3.65. The Bertz CT molecular complexity index is 935. The molecule has 0 saturated carbocycles. The fraction of sp³-hybridized carbons (Fsp3) is 0.435. The van der Waals surface area contributed by atoms with Gasteiger partial charge in [0, 0.05) is 16.7 Å². The molecule has 0 heterocycles. The molecular formula is C23H32NO6P. The van der Waals surface area contributed by atoms with Gasteiger partial charge in [-0.3, -0.25) is 14.2 Å². The number of carbonyl (C=O) groups is 1. The van der Waals surface area contributed by atoms with Crippen LogP contribution in [0.5, 0.6) is 5.75 Å². The van der Waals surface area contributed by atoms with Crippen LogP contribution in [0, 0.1) is 0 Å². The normalized spacial score (nSPS) is 12.6. The van der Waals surface area contributed by atoms with Crippen molar-refractivity contribution >= 4 is 13.5 Å². The summed E-state index contributed by atoms with van der Waals surface area (Å²) in [7, 11) is -4.59. The third-order valence-corrected chi connectivity index (χ3v) is 5.37. The van der Waals surface area contributed by atoms with Crippen molar-refractivity contribution in [3.63, 3.8) is 0 Å². The number of amides is 1. The van der Waals surface area contributed by atoms with E-state index < -0.39 is 30.6 Å². The van der Waals surface area contributed by atoms with Gasteiger partial charge in [0.1, 0.15) is 12.4 Å². The van der Waals surface area contributed by atoms with Crippen LogP contribution >= 0.6 is 7.60 Å². The maximum atomic E-state index is 13.3. The first-order chi connectivity index (χ1) is 14.1. The van der Waals surface area contributed by atoms with E-state index in [0.29, 0.717) is 16.2 Å². The van der Waals surface area contributed by atoms with Gasteiger partial charge in [-0.2, -0.15) is 0 Å². The summed E-state index contributed by atoms with van der Waals surface area (Å²) in [6, 6.07) is 12.1. The summed E-state index contributed by atoms with van der Waals surface area (Å²) >= 11 is 0. The molecule has 31 heavy (non-hydrogen) atoms. The van der Waals surface area contributed by atoms with Gasteiger partial charge in [0.05, 0.1) is 0 Å². The van der Waals surface area contributed by atoms with Gasteiger partial charge in [0.2, 0.25) is 0 Å². The summed E-state index contributed by atoms with van der Waals surface area (Å²) < 4.78 is 11.7. The molecule has 2 rings (SSSR count). The number of hydrogen-bond donors (Lipinski definition) is 3. The first-order valence-electron chi connectivity index (χ1n) is 10.0. The predicted molar refractivity (Wildman–Crippen MR) is 120 cm³/mol. The lowest BCUT2D eigenvalue weighted by atomic mass is 9.78. The van der Waals surface area contributed by atoms with Crippen molar-refractivity contribution in [1.29, 1.82) is 0 Å². The van der Waals surface area contributed by atoms with Gasteiger partial charge >= 0.3 is 7.60 Å². The molecule has 0 bridgehead atoms. The molecule has 7 nitrogen and oxygen atoms in total. The van der Waals surface area contributed by atoms with E-state index in [1.165, 1.54) is 0 Å². The summed E-state index contributed by atoms with van der Waals surface area (Å²) in [6.07, 6.45) is -0.880. The molecule has 0 aliphatic carbocycles. The molecule has 0 aliphatic rings. The molecule has 1 amide bonds. The van der Waals surface area contributed by atoms with Crippen LogP contribution in [0.1, 0.15) is 68.6 Å². The number of hydrogen-bond acceptors (Lipinski definition) is 4. The van der Waals surface area contributed by atoms with Crippen LogP contribution in [0.3, 0.4) is 0 Å². The molecular weight excluding hydrogens is 417 g/mol. The van der Waals surface area contributed by atoms with Gasteiger partial charge in [-0.15, -0.1) is 0 Å². The Morgan fingerprint density at radius 1 is 0.968 bits per heavy atom. The van der Waals surface area contributed by atoms with E-state index in [-0.39, 0.29) is 17.9 Å². The summed E-state index contributed by atoms with van der Waals surface area (Å²) in [6.45, 7) is 11.5. The van der Waals surface area contributed by atoms with Gasteiger partial charge in [-0.05, 0) is 28.5 Å². The number of phenolic OH excluding ortho intramolecular Hbond substituents is 1. The van der Waals surface area contributed by atoms with E-state index in [0.717, 1.165) is 5.56 Å². The second-order valence-corrected chi connectivity index (χ2v) is 11.3. The Kier molecular flexibility index (Phi) is 7.39. The highest BCUT2D eigenvalue weighted by molar-refractivity contribution is 7.51. The predicted octanol–water partition coefficient (Wildman–Crippen LogP) is 4.70. The summed E-state index contributed by atoms with van der Waals surface area (Å²) in [5, 5.41) is 11.6. The van der Waals surface area contributed by atoms with Gasteiger partial charge in [0.15, 0.2) is 6.29 Å². The molecule has 8 heteroatoms. The number of benzene rings is 2. The molecule has 0 aromatic heterocycles. The van der Waals surface area contributed by atoms with Crippen LogP contribution in [0.15, 0.2) is 42.5 Å². The average Bonchev–Trinajstić information content (AvgIpc) is 2.62. The van der Waals surface area contributed by atoms with Crippen LogP contribution in [-0.4, -0.2) is 32.1 Å². The average molecular weight is 449 g/mol. The molecule has 0 unspecified atom stereocenters. The van der Waals surface area contributed by atoms with Crippen molar-refractivity contribution in [1.82, 2.24) is 5.06 Å². The summed E-state index contributed by atoms with van der Waals surface area (Å²) in [5.41, 5.74) is 1.17. The highest BCUT2D eigenvalue weighted by Gasteiger charge is 2.31. The first-order valence-corrected chi connectivity index (χ1v) is 11.8. The standard InChI is InChI=1S/C23H32NO6P/c1-22(2,3)18-12-17(13-19(20(18)25)23(4,5)6)21(26)24(15-31(27,28)29)30-14-16-10-8-7-9-11-16/h7-13,25H,14-15H2,1-6H3,(H2,27,28,29). The summed E-state index contributed by atoms with van der Waals surface area (Å²) in [5.74, 6) is -0.571. The third-order valence-electron chi connectivity index (χ3n) is 4.74. The number of nitrogens with zero attached hydrogens (tertiary/aromatic N) is 1. The molecule has 2 aromatic carbocycles. The van der Waals surface area contributed by atoms with Crippen molar-refractivity contribution in [3.8, 4) is 5.75 Å². The number of carbonyl (C=O) groups excluding carboxylic acids is 1. The van der Waals surface area contributed by atoms with E-state index in [1.54, 1.807) is 36.4 Å². The topological polar surface area (TPSA) is 107 Å². The zero-order valence-electron chi connectivity index (χ0n) is 18.9. The first kappa shape index (κ1) is 25.1. The number of rotatable bonds is 6. The van der Waals surface area contributed by atoms with Crippen LogP contribution in [0.25, 0.3) is 0 Å². The number of phenols is 1. The van der Waals surface area contributed by atoms with Gasteiger partial charge in [-0.1, -0.05) is 71.9 Å². The number of hydroxylamine groups is 2. The van der Waals surface area contributed by atoms with Gasteiger partial charge in [0.25, 0.3) is 5.91 Å². The summed E-state index contributed by atoms with van der Waals surface area (Å²) in [4.78, 5) is 37.8. The molecule has 2 aromatic rings. The van der Waals surface area contributed by atoms with E-state index in [9.17, 15) is 24.3 Å². The van der Waals surface area contributed by atoms with Crippen molar-refractivity contribution in [2.24, 2.45) is 0 Å². The van der Waals surface area contributed by atoms with Crippen molar-refractivity contribution in [3.05, 3.63) is 64.7 Å². The Hall–Kier alpha value is -2.18. The van der Waals surface area contributed by atoms with Gasteiger partial charge in [-0.25, -0.2) is 5.06 Å². The van der Waals surface area contributed by atoms with Crippen LogP contribution in [0.2, 0.25) is 0 Å². The molecule has 3 N–H and O–H groups in total. The lowest BCUT2D eigenvalue weighted by molar-refractivity contribution is -0.124. The van der Waals surface area contributed by atoms with E-state index in [4.69, 9.17) is 4.84 Å². The van der Waals surface area contributed by atoms with Crippen molar-refractivity contribution in [2.45, 2.75) is 59.0 Å². The van der Waals surface area contributed by atoms with Crippen LogP contribution in [-0.2, 0) is 26.8 Å². The lowest BCUT2D eigenvalue weighted by Gasteiger charge is -2.29. The maximum Gasteiger partial charge on any atom is 0.347 e. The second kappa shape index (κ2) is 9.13. The van der Waals surface area contributed by atoms with Crippen molar-refractivity contribution in [2.75, 3.05) is 6.29 Å². The molecule has 0 atom stereocenters. The smallest absolute Gasteiger partial charge is 0.347 e. The molecule has 0 aliphatic heterocycles. The fourth-order valence-electron chi connectivity index (χ4n) is 3.10. The Labute approximate surface area is 183 Å². The monoisotopic (exact) mass is 449 g/mol. The molecule has 0 spiro atoms. The van der Waals surface area contributed by atoms with E-state index >= 15 is 0 Å². The van der Waals surface area contributed by atoms with E-state index in [1.807, 2.05) is 47.6 Å². The number of aromatic hydroxyl groups is 1. The highest BCUT2D eigenvalue weighted by atomic mass is 31.2. The van der Waals surface area contributed by atoms with Crippen LogP contribution < -0.4 is 0 Å². The minimum absolute atomic E-state index is 0.0249. The minimum Gasteiger partial charge on any atom is -0.507 e. The lowest BCUT2D eigenvalue weighted by Crippen LogP contribution is -2.33. The van der Waals surface area contributed by atoms with Crippen molar-refractivity contribution < 1.29 is 29.1 Å². The van der Waals surface area contributed by atoms with Gasteiger partial charge < -0.3 is 14.9 Å². The third kappa shape index (κ3) is 6.91. The molecule has 170 valence electrons. The van der Waals surface area contributed by atoms with E-state index in [2.05, 4.69) is 0 Å². The Morgan fingerprint density at radius 3 is 1.87 bits per heavy atom. The SMILES string of the molecule is CC(C)(C)c1cc(C(=O)N(CP(=O)(O)O)OCc2ccccc2)cc(C(C)(C)C)c1O. The molecule has 0 radical (unpaired) electrons. The quantitative estimate of drug-likeness (QED) is 0.436. The Morgan fingerprint density at radius 2 is 1.45 bits per heavy atom. The van der Waals surface area contributed by atoms with Crippen LogP contribution in [0.4, 0.5) is 0 Å². The highest BCUT2D eigenvalue weighted by Crippen LogP contribution is 2.41. The Balaban J connectivity index is 2.50. The molecule has 0 saturated heterocycles. The maximum absolute atomic E-state index is 13.3. The second-order valence-electron chi connectivity index (χ2n) is 9.67. The zero-order valence-corrected chi connectivity index (χ0v) is 19.8. The molecule has 0 fully saturated rings. The zero-order chi connectivity index (χ0) is 23.6.